The molecule has 1 rings (SSSR count). The van der Waals surface area contributed by atoms with Gasteiger partial charge in [-0.3, -0.25) is 0 Å². The van der Waals surface area contributed by atoms with Crippen molar-refractivity contribution in [2.45, 2.75) is 97.0 Å². The molecule has 118 valence electrons. The molecule has 3 atom stereocenters. The van der Waals surface area contributed by atoms with Crippen molar-refractivity contribution in [2.75, 3.05) is 0 Å². The Morgan fingerprint density at radius 2 is 1.60 bits per heavy atom. The van der Waals surface area contributed by atoms with Crippen molar-refractivity contribution in [1.29, 1.82) is 0 Å². The number of allylic oxidation sites excluding steroid dienone is 2. The third-order valence-corrected chi connectivity index (χ3v) is 8.76. The lowest BCUT2D eigenvalue weighted by Crippen LogP contribution is -2.35. The SMILES string of the molecule is CCCC(CC)C1CC=C[C@@H]1P(C(C)(C)C)C(C)(C)C. The van der Waals surface area contributed by atoms with E-state index in [-0.39, 0.29) is 7.92 Å². The average molecular weight is 296 g/mol. The monoisotopic (exact) mass is 296 g/mol. The molecule has 0 saturated heterocycles. The molecule has 1 aliphatic rings. The molecule has 0 aliphatic heterocycles. The largest absolute Gasteiger partial charge is 0.0883 e. The molecule has 1 heteroatoms. The summed E-state index contributed by atoms with van der Waals surface area (Å²) in [5, 5.41) is 0.880. The highest BCUT2D eigenvalue weighted by atomic mass is 31.1. The van der Waals surface area contributed by atoms with E-state index in [4.69, 9.17) is 0 Å². The van der Waals surface area contributed by atoms with Crippen LogP contribution in [0.5, 0.6) is 0 Å². The van der Waals surface area contributed by atoms with Gasteiger partial charge in [-0.2, -0.15) is 0 Å². The molecule has 1 aliphatic carbocycles. The Morgan fingerprint density at radius 1 is 1.05 bits per heavy atom. The van der Waals surface area contributed by atoms with Crippen LogP contribution in [0.1, 0.15) is 81.1 Å². The van der Waals surface area contributed by atoms with E-state index < -0.39 is 0 Å². The maximum atomic E-state index is 2.59. The van der Waals surface area contributed by atoms with Gasteiger partial charge < -0.3 is 0 Å². The predicted octanol–water partition coefficient (Wildman–Crippen LogP) is 6.84. The summed E-state index contributed by atoms with van der Waals surface area (Å²) in [5.41, 5.74) is 0.835. The first-order valence-corrected chi connectivity index (χ1v) is 10.00. The third kappa shape index (κ3) is 4.33. The molecule has 0 spiro atoms. The molecule has 0 saturated carbocycles. The van der Waals surface area contributed by atoms with Gasteiger partial charge in [0.2, 0.25) is 0 Å². The van der Waals surface area contributed by atoms with Crippen LogP contribution in [0.4, 0.5) is 0 Å². The van der Waals surface area contributed by atoms with Crippen molar-refractivity contribution < 1.29 is 0 Å². The van der Waals surface area contributed by atoms with Crippen molar-refractivity contribution in [3.63, 3.8) is 0 Å². The van der Waals surface area contributed by atoms with Crippen LogP contribution in [-0.2, 0) is 0 Å². The molecule has 0 aromatic heterocycles. The maximum absolute atomic E-state index is 2.59. The van der Waals surface area contributed by atoms with Gasteiger partial charge in [0.1, 0.15) is 0 Å². The predicted molar refractivity (Wildman–Crippen MR) is 96.2 cm³/mol. The molecule has 20 heavy (non-hydrogen) atoms. The molecular formula is C19H37P. The fraction of sp³-hybridized carbons (Fsp3) is 0.895. The molecule has 0 bridgehead atoms. The summed E-state index contributed by atoms with van der Waals surface area (Å²) in [6.45, 7) is 19.5. The van der Waals surface area contributed by atoms with Crippen molar-refractivity contribution >= 4 is 7.92 Å². The van der Waals surface area contributed by atoms with Gasteiger partial charge in [0.15, 0.2) is 0 Å². The van der Waals surface area contributed by atoms with Crippen LogP contribution in [0.2, 0.25) is 0 Å². The molecular weight excluding hydrogens is 259 g/mol. The quantitative estimate of drug-likeness (QED) is 0.385. The molecule has 0 heterocycles. The van der Waals surface area contributed by atoms with Gasteiger partial charge in [0.05, 0.1) is 0 Å². The Morgan fingerprint density at radius 3 is 2.00 bits per heavy atom. The first-order valence-electron chi connectivity index (χ1n) is 8.59. The van der Waals surface area contributed by atoms with Crippen LogP contribution in [-0.4, -0.2) is 16.0 Å². The van der Waals surface area contributed by atoms with Crippen LogP contribution in [0.3, 0.4) is 0 Å². The third-order valence-electron chi connectivity index (χ3n) is 4.71. The Bertz CT molecular complexity index is 302. The first-order chi connectivity index (χ1) is 9.12. The summed E-state index contributed by atoms with van der Waals surface area (Å²) in [6, 6.07) is 0. The second kappa shape index (κ2) is 6.95. The van der Waals surface area contributed by atoms with E-state index in [2.05, 4.69) is 67.5 Å². The average Bonchev–Trinajstić information content (AvgIpc) is 2.70. The van der Waals surface area contributed by atoms with Crippen LogP contribution >= 0.6 is 7.92 Å². The summed E-state index contributed by atoms with van der Waals surface area (Å²) in [4.78, 5) is 0. The molecule has 0 radical (unpaired) electrons. The van der Waals surface area contributed by atoms with E-state index in [0.717, 1.165) is 17.5 Å². The smallest absolute Gasteiger partial charge is 0.00137 e. The van der Waals surface area contributed by atoms with E-state index in [1.54, 1.807) is 0 Å². The maximum Gasteiger partial charge on any atom is 0.00137 e. The van der Waals surface area contributed by atoms with Gasteiger partial charge in [-0.1, -0.05) is 94.7 Å². The summed E-state index contributed by atoms with van der Waals surface area (Å²) in [5.74, 6) is 1.83. The fourth-order valence-electron chi connectivity index (χ4n) is 4.40. The lowest BCUT2D eigenvalue weighted by molar-refractivity contribution is 0.316. The zero-order valence-corrected chi connectivity index (χ0v) is 16.1. The summed E-state index contributed by atoms with van der Waals surface area (Å²) >= 11 is 0. The molecule has 0 nitrogen and oxygen atoms in total. The van der Waals surface area contributed by atoms with E-state index in [1.165, 1.54) is 25.7 Å². The highest BCUT2D eigenvalue weighted by Gasteiger charge is 2.44. The van der Waals surface area contributed by atoms with Crippen LogP contribution in [0.25, 0.3) is 0 Å². The van der Waals surface area contributed by atoms with Gasteiger partial charge in [0.25, 0.3) is 0 Å². The van der Waals surface area contributed by atoms with Crippen molar-refractivity contribution in [2.24, 2.45) is 11.8 Å². The normalized spacial score (nSPS) is 25.4. The number of rotatable bonds is 5. The summed E-state index contributed by atoms with van der Waals surface area (Å²) in [6.07, 6.45) is 10.5. The Hall–Kier alpha value is 0.170. The van der Waals surface area contributed by atoms with Gasteiger partial charge in [-0.05, 0) is 28.6 Å². The summed E-state index contributed by atoms with van der Waals surface area (Å²) < 4.78 is 0. The molecule has 0 N–H and O–H groups in total. The Balaban J connectivity index is 3.03. The Kier molecular flexibility index (Phi) is 6.33. The highest BCUT2D eigenvalue weighted by molar-refractivity contribution is 7.61. The second-order valence-corrected chi connectivity index (χ2v) is 12.5. The number of hydrogen-bond acceptors (Lipinski definition) is 0. The molecule has 0 aromatic carbocycles. The van der Waals surface area contributed by atoms with Crippen molar-refractivity contribution in [3.05, 3.63) is 12.2 Å². The minimum absolute atomic E-state index is 0.0189. The minimum atomic E-state index is -0.0189. The van der Waals surface area contributed by atoms with E-state index >= 15 is 0 Å². The van der Waals surface area contributed by atoms with Crippen molar-refractivity contribution in [3.8, 4) is 0 Å². The van der Waals surface area contributed by atoms with E-state index in [1.807, 2.05) is 0 Å². The van der Waals surface area contributed by atoms with Gasteiger partial charge in [-0.25, -0.2) is 0 Å². The topological polar surface area (TPSA) is 0 Å². The first kappa shape index (κ1) is 18.2. The van der Waals surface area contributed by atoms with Crippen LogP contribution in [0, 0.1) is 11.8 Å². The second-order valence-electron chi connectivity index (χ2n) is 8.49. The minimum Gasteiger partial charge on any atom is -0.0883 e. The van der Waals surface area contributed by atoms with E-state index in [0.29, 0.717) is 10.3 Å². The molecule has 2 unspecified atom stereocenters. The number of hydrogen-bond donors (Lipinski definition) is 0. The Labute approximate surface area is 129 Å². The van der Waals surface area contributed by atoms with Crippen molar-refractivity contribution in [1.82, 2.24) is 0 Å². The van der Waals surface area contributed by atoms with Crippen LogP contribution < -0.4 is 0 Å². The zero-order valence-electron chi connectivity index (χ0n) is 15.2. The molecule has 0 aromatic rings. The van der Waals surface area contributed by atoms with Gasteiger partial charge in [-0.15, -0.1) is 0 Å². The highest BCUT2D eigenvalue weighted by Crippen LogP contribution is 2.66. The lowest BCUT2D eigenvalue weighted by atomic mass is 9.84. The fourth-order valence-corrected chi connectivity index (χ4v) is 9.24. The van der Waals surface area contributed by atoms with Crippen LogP contribution in [0.15, 0.2) is 12.2 Å². The van der Waals surface area contributed by atoms with Gasteiger partial charge >= 0.3 is 0 Å². The molecule has 0 fully saturated rings. The lowest BCUT2D eigenvalue weighted by Gasteiger charge is -2.48. The van der Waals surface area contributed by atoms with E-state index in [9.17, 15) is 0 Å². The standard InChI is InChI=1S/C19H37P/c1-9-12-15(10-2)16-13-11-14-17(16)20(18(3,4)5)19(6,7)8/h11,14-17H,9-10,12-13H2,1-8H3/t15?,16?,17-/m0/s1. The molecule has 0 amide bonds. The van der Waals surface area contributed by atoms with Gasteiger partial charge in [0, 0.05) is 5.66 Å². The zero-order chi connectivity index (χ0) is 15.6. The summed E-state index contributed by atoms with van der Waals surface area (Å²) in [7, 11) is -0.0189.